The molecule has 3 rings (SSSR count). The predicted octanol–water partition coefficient (Wildman–Crippen LogP) is 1.42. The van der Waals surface area contributed by atoms with E-state index in [0.29, 0.717) is 10.9 Å². The third kappa shape index (κ3) is 2.06. The number of benzene rings is 1. The van der Waals surface area contributed by atoms with Crippen molar-refractivity contribution in [1.29, 1.82) is 0 Å². The number of rotatable bonds is 3. The molecule has 0 radical (unpaired) electrons. The zero-order chi connectivity index (χ0) is 15.0. The molecule has 104 valence electrons. The average Bonchev–Trinajstić information content (AvgIpc) is 2.95. The summed E-state index contributed by atoms with van der Waals surface area (Å²) in [6, 6.07) is 7.93. The summed E-state index contributed by atoms with van der Waals surface area (Å²) in [5.74, 6) is -1.67. The van der Waals surface area contributed by atoms with Gasteiger partial charge in [0.05, 0.1) is 22.9 Å². The van der Waals surface area contributed by atoms with Crippen molar-refractivity contribution in [2.24, 2.45) is 0 Å². The number of fused-ring (bicyclic) bond motifs is 1. The van der Waals surface area contributed by atoms with Crippen LogP contribution in [-0.4, -0.2) is 36.0 Å². The molecule has 0 amide bonds. The summed E-state index contributed by atoms with van der Waals surface area (Å²) in [6.45, 7) is 0. The number of nitro groups is 1. The van der Waals surface area contributed by atoms with Crippen molar-refractivity contribution in [3.63, 3.8) is 0 Å². The first-order valence-electron chi connectivity index (χ1n) is 5.77. The summed E-state index contributed by atoms with van der Waals surface area (Å²) >= 11 is 0. The van der Waals surface area contributed by atoms with Gasteiger partial charge < -0.3 is 15.2 Å². The van der Waals surface area contributed by atoms with E-state index in [1.54, 1.807) is 24.3 Å². The number of carboxylic acid groups (broad SMARTS) is 1. The Kier molecular flexibility index (Phi) is 2.79. The lowest BCUT2D eigenvalue weighted by Crippen LogP contribution is -2.11. The SMILES string of the molecule is O=C(O)c1nnc2ccccc2c1-n1ccc([N+](=O)[O-])n1. The van der Waals surface area contributed by atoms with Crippen LogP contribution in [0.1, 0.15) is 10.5 Å². The number of carboxylic acids is 1. The molecule has 21 heavy (non-hydrogen) atoms. The monoisotopic (exact) mass is 285 g/mol. The molecule has 9 nitrogen and oxygen atoms in total. The standard InChI is InChI=1S/C12H7N5O4/c18-12(19)10-11(16-6-5-9(15-16)17(20)21)7-3-1-2-4-8(7)13-14-10/h1-6H,(H,18,19). The van der Waals surface area contributed by atoms with Gasteiger partial charge in [0.15, 0.2) is 5.69 Å². The smallest absolute Gasteiger partial charge is 0.390 e. The minimum Gasteiger partial charge on any atom is -0.476 e. The maximum atomic E-state index is 11.3. The molecule has 0 fully saturated rings. The minimum atomic E-state index is -1.29. The first-order chi connectivity index (χ1) is 10.1. The zero-order valence-corrected chi connectivity index (χ0v) is 10.4. The van der Waals surface area contributed by atoms with Crippen molar-refractivity contribution >= 4 is 22.7 Å². The van der Waals surface area contributed by atoms with E-state index in [-0.39, 0.29) is 17.2 Å². The molecule has 0 unspecified atom stereocenters. The molecular formula is C12H7N5O4. The van der Waals surface area contributed by atoms with Gasteiger partial charge in [-0.15, -0.1) is 14.9 Å². The number of nitrogens with zero attached hydrogens (tertiary/aromatic N) is 5. The maximum Gasteiger partial charge on any atom is 0.390 e. The molecule has 0 saturated carbocycles. The molecule has 2 heterocycles. The Morgan fingerprint density at radius 3 is 2.67 bits per heavy atom. The maximum absolute atomic E-state index is 11.3. The number of aromatic carboxylic acids is 1. The van der Waals surface area contributed by atoms with E-state index in [1.165, 1.54) is 12.3 Å². The van der Waals surface area contributed by atoms with Gasteiger partial charge in [-0.1, -0.05) is 18.2 Å². The largest absolute Gasteiger partial charge is 0.476 e. The number of carbonyl (C=O) groups is 1. The second kappa shape index (κ2) is 4.63. The summed E-state index contributed by atoms with van der Waals surface area (Å²) in [6.07, 6.45) is 1.31. The molecule has 0 bridgehead atoms. The van der Waals surface area contributed by atoms with E-state index in [1.807, 2.05) is 0 Å². The lowest BCUT2D eigenvalue weighted by molar-refractivity contribution is -0.389. The first kappa shape index (κ1) is 12.7. The lowest BCUT2D eigenvalue weighted by Gasteiger charge is -2.05. The van der Waals surface area contributed by atoms with Crippen LogP contribution in [0, 0.1) is 10.1 Å². The molecule has 3 aromatic rings. The van der Waals surface area contributed by atoms with Gasteiger partial charge in [-0.2, -0.15) is 0 Å². The first-order valence-corrected chi connectivity index (χ1v) is 5.77. The van der Waals surface area contributed by atoms with Crippen LogP contribution in [0.3, 0.4) is 0 Å². The van der Waals surface area contributed by atoms with Crippen molar-refractivity contribution in [2.45, 2.75) is 0 Å². The number of hydrogen-bond donors (Lipinski definition) is 1. The molecule has 0 aliphatic rings. The highest BCUT2D eigenvalue weighted by molar-refractivity contribution is 5.98. The second-order valence-corrected chi connectivity index (χ2v) is 4.10. The van der Waals surface area contributed by atoms with Crippen molar-refractivity contribution in [2.75, 3.05) is 0 Å². The Balaban J connectivity index is 2.34. The molecule has 0 aliphatic heterocycles. The van der Waals surface area contributed by atoms with Gasteiger partial charge in [0, 0.05) is 5.39 Å². The highest BCUT2D eigenvalue weighted by Crippen LogP contribution is 2.23. The van der Waals surface area contributed by atoms with Crippen LogP contribution in [0.25, 0.3) is 16.6 Å². The highest BCUT2D eigenvalue weighted by atomic mass is 16.6. The molecule has 9 heteroatoms. The Bertz CT molecular complexity index is 873. The van der Waals surface area contributed by atoms with Gasteiger partial charge >= 0.3 is 11.8 Å². The van der Waals surface area contributed by atoms with Gasteiger partial charge in [-0.3, -0.25) is 0 Å². The summed E-state index contributed by atoms with van der Waals surface area (Å²) in [5.41, 5.74) is 0.281. The van der Waals surface area contributed by atoms with Crippen LogP contribution >= 0.6 is 0 Å². The Morgan fingerprint density at radius 1 is 1.24 bits per heavy atom. The minimum absolute atomic E-state index is 0.140. The Labute approximate surface area is 116 Å². The van der Waals surface area contributed by atoms with Gasteiger partial charge in [0.25, 0.3) is 0 Å². The number of hydrogen-bond acceptors (Lipinski definition) is 6. The normalized spacial score (nSPS) is 10.7. The summed E-state index contributed by atoms with van der Waals surface area (Å²) in [5, 5.41) is 31.7. The third-order valence-electron chi connectivity index (χ3n) is 2.83. The van der Waals surface area contributed by atoms with Crippen molar-refractivity contribution in [3.05, 3.63) is 52.3 Å². The van der Waals surface area contributed by atoms with E-state index >= 15 is 0 Å². The molecule has 1 N–H and O–H groups in total. The third-order valence-corrected chi connectivity index (χ3v) is 2.83. The molecule has 0 spiro atoms. The summed E-state index contributed by atoms with van der Waals surface area (Å²) < 4.78 is 1.12. The molecule has 1 aromatic carbocycles. The molecule has 0 atom stereocenters. The topological polar surface area (TPSA) is 124 Å². The van der Waals surface area contributed by atoms with Crippen molar-refractivity contribution in [1.82, 2.24) is 20.0 Å². The van der Waals surface area contributed by atoms with Crippen LogP contribution in [0.5, 0.6) is 0 Å². The van der Waals surface area contributed by atoms with E-state index < -0.39 is 10.9 Å². The Morgan fingerprint density at radius 2 is 2.00 bits per heavy atom. The van der Waals surface area contributed by atoms with E-state index in [9.17, 15) is 20.0 Å². The fraction of sp³-hybridized carbons (Fsp3) is 0. The van der Waals surface area contributed by atoms with Gasteiger partial charge in [-0.25, -0.2) is 4.79 Å². The van der Waals surface area contributed by atoms with Gasteiger partial charge in [0.2, 0.25) is 0 Å². The van der Waals surface area contributed by atoms with Crippen molar-refractivity contribution in [3.8, 4) is 5.69 Å². The fourth-order valence-electron chi connectivity index (χ4n) is 1.95. The second-order valence-electron chi connectivity index (χ2n) is 4.10. The fourth-order valence-corrected chi connectivity index (χ4v) is 1.95. The molecule has 2 aromatic heterocycles. The zero-order valence-electron chi connectivity index (χ0n) is 10.4. The highest BCUT2D eigenvalue weighted by Gasteiger charge is 2.22. The van der Waals surface area contributed by atoms with Crippen LogP contribution in [0.4, 0.5) is 5.82 Å². The van der Waals surface area contributed by atoms with Crippen LogP contribution in [0.15, 0.2) is 36.5 Å². The molecule has 0 saturated heterocycles. The molecular weight excluding hydrogens is 278 g/mol. The Hall–Kier alpha value is -3.36. The summed E-state index contributed by atoms with van der Waals surface area (Å²) in [7, 11) is 0. The lowest BCUT2D eigenvalue weighted by atomic mass is 10.1. The van der Waals surface area contributed by atoms with Crippen molar-refractivity contribution < 1.29 is 14.8 Å². The molecule has 0 aliphatic carbocycles. The van der Waals surface area contributed by atoms with E-state index in [4.69, 9.17) is 0 Å². The van der Waals surface area contributed by atoms with E-state index in [0.717, 1.165) is 4.68 Å². The summed E-state index contributed by atoms with van der Waals surface area (Å²) in [4.78, 5) is 21.4. The van der Waals surface area contributed by atoms with Crippen LogP contribution in [0.2, 0.25) is 0 Å². The van der Waals surface area contributed by atoms with Gasteiger partial charge in [0.1, 0.15) is 5.69 Å². The van der Waals surface area contributed by atoms with Crippen LogP contribution in [-0.2, 0) is 0 Å². The average molecular weight is 285 g/mol. The quantitative estimate of drug-likeness (QED) is 0.570. The predicted molar refractivity (Wildman–Crippen MR) is 70.3 cm³/mol. The number of aromatic nitrogens is 4. The van der Waals surface area contributed by atoms with Gasteiger partial charge in [-0.05, 0) is 11.0 Å². The van der Waals surface area contributed by atoms with Crippen LogP contribution < -0.4 is 0 Å². The van der Waals surface area contributed by atoms with E-state index in [2.05, 4.69) is 15.3 Å².